The monoisotopic (exact) mass is 414 g/mol. The predicted octanol–water partition coefficient (Wildman–Crippen LogP) is 5.66. The number of carboxylic acids is 1. The molecule has 0 aliphatic rings. The zero-order valence-corrected chi connectivity index (χ0v) is 16.5. The van der Waals surface area contributed by atoms with E-state index in [-0.39, 0.29) is 5.56 Å². The third-order valence-corrected chi connectivity index (χ3v) is 4.39. The first-order chi connectivity index (χ1) is 12.3. The summed E-state index contributed by atoms with van der Waals surface area (Å²) < 4.78 is 1.00. The Kier molecular flexibility index (Phi) is 7.16. The molecule has 5 heteroatoms. The van der Waals surface area contributed by atoms with E-state index in [0.717, 1.165) is 28.6 Å². The van der Waals surface area contributed by atoms with Crippen LogP contribution in [0, 0.1) is 5.92 Å². The summed E-state index contributed by atoms with van der Waals surface area (Å²) in [7, 11) is 0. The maximum atomic E-state index is 11.0. The summed E-state index contributed by atoms with van der Waals surface area (Å²) in [6.07, 6.45) is 3.70. The Morgan fingerprint density at radius 1 is 1.12 bits per heavy atom. The number of allylic oxidation sites excluding steroid dienone is 1. The fourth-order valence-corrected chi connectivity index (χ4v) is 2.61. The SMILES string of the molecule is CC(C)CCC(/C=C(\N)c1ccc(Br)cc1)=Nc1ccc(C(=O)O)cc1. The van der Waals surface area contributed by atoms with E-state index in [0.29, 0.717) is 17.3 Å². The zero-order valence-electron chi connectivity index (χ0n) is 14.9. The number of hydrogen-bond acceptors (Lipinski definition) is 3. The molecular formula is C21H23BrN2O2. The van der Waals surface area contributed by atoms with Crippen LogP contribution in [0.3, 0.4) is 0 Å². The second kappa shape index (κ2) is 9.34. The lowest BCUT2D eigenvalue weighted by Crippen LogP contribution is -2.03. The third kappa shape index (κ3) is 6.15. The highest BCUT2D eigenvalue weighted by Gasteiger charge is 2.05. The Hall–Kier alpha value is -2.40. The maximum absolute atomic E-state index is 11.0. The van der Waals surface area contributed by atoms with Gasteiger partial charge in [0.25, 0.3) is 0 Å². The molecule has 0 amide bonds. The first-order valence-electron chi connectivity index (χ1n) is 8.49. The van der Waals surface area contributed by atoms with Crippen LogP contribution in [0.4, 0.5) is 5.69 Å². The molecule has 0 spiro atoms. The van der Waals surface area contributed by atoms with Crippen LogP contribution in [0.2, 0.25) is 0 Å². The van der Waals surface area contributed by atoms with Crippen molar-refractivity contribution in [1.82, 2.24) is 0 Å². The standard InChI is InChI=1S/C21H23BrN2O2/c1-14(2)3-10-19(13-20(23)15-4-8-17(22)9-5-15)24-18-11-6-16(7-12-18)21(25)26/h4-9,11-14H,3,10,23H2,1-2H3,(H,25,26)/b20-13-,24-19?. The molecule has 2 rings (SSSR count). The largest absolute Gasteiger partial charge is 0.478 e. The Morgan fingerprint density at radius 2 is 1.69 bits per heavy atom. The summed E-state index contributed by atoms with van der Waals surface area (Å²) in [4.78, 5) is 15.6. The number of aromatic carboxylic acids is 1. The Labute approximate surface area is 162 Å². The molecule has 0 radical (unpaired) electrons. The number of carbonyl (C=O) groups is 1. The van der Waals surface area contributed by atoms with Gasteiger partial charge in [0.05, 0.1) is 11.3 Å². The minimum absolute atomic E-state index is 0.248. The van der Waals surface area contributed by atoms with Crippen LogP contribution in [0.25, 0.3) is 5.70 Å². The van der Waals surface area contributed by atoms with Gasteiger partial charge >= 0.3 is 5.97 Å². The van der Waals surface area contributed by atoms with Gasteiger partial charge in [-0.05, 0) is 66.8 Å². The van der Waals surface area contributed by atoms with E-state index in [1.54, 1.807) is 24.3 Å². The van der Waals surface area contributed by atoms with Crippen LogP contribution >= 0.6 is 15.9 Å². The van der Waals surface area contributed by atoms with Crippen molar-refractivity contribution in [2.24, 2.45) is 16.6 Å². The smallest absolute Gasteiger partial charge is 0.335 e. The van der Waals surface area contributed by atoms with Crippen molar-refractivity contribution in [2.75, 3.05) is 0 Å². The number of rotatable bonds is 7. The number of carboxylic acid groups (broad SMARTS) is 1. The summed E-state index contributed by atoms with van der Waals surface area (Å²) in [6, 6.07) is 14.4. The molecule has 0 bridgehead atoms. The van der Waals surface area contributed by atoms with E-state index in [2.05, 4.69) is 34.8 Å². The highest BCUT2D eigenvalue weighted by atomic mass is 79.9. The van der Waals surface area contributed by atoms with Crippen molar-refractivity contribution < 1.29 is 9.90 Å². The lowest BCUT2D eigenvalue weighted by atomic mass is 10.0. The number of nitrogens with zero attached hydrogens (tertiary/aromatic N) is 1. The van der Waals surface area contributed by atoms with E-state index in [1.807, 2.05) is 30.3 Å². The molecule has 136 valence electrons. The molecule has 26 heavy (non-hydrogen) atoms. The molecule has 0 aliphatic carbocycles. The molecule has 0 saturated heterocycles. The predicted molar refractivity (Wildman–Crippen MR) is 111 cm³/mol. The highest BCUT2D eigenvalue weighted by Crippen LogP contribution is 2.19. The Morgan fingerprint density at radius 3 is 2.23 bits per heavy atom. The number of halogens is 1. The van der Waals surface area contributed by atoms with Gasteiger partial charge in [-0.3, -0.25) is 4.99 Å². The van der Waals surface area contributed by atoms with Crippen LogP contribution in [-0.2, 0) is 0 Å². The summed E-state index contributed by atoms with van der Waals surface area (Å²) in [5, 5.41) is 9.00. The van der Waals surface area contributed by atoms with Crippen molar-refractivity contribution in [3.05, 3.63) is 70.2 Å². The number of hydrogen-bond donors (Lipinski definition) is 2. The van der Waals surface area contributed by atoms with Crippen molar-refractivity contribution in [3.63, 3.8) is 0 Å². The number of benzene rings is 2. The van der Waals surface area contributed by atoms with E-state index in [9.17, 15) is 4.79 Å². The first kappa shape index (κ1) is 19.9. The fourth-order valence-electron chi connectivity index (χ4n) is 2.35. The second-order valence-electron chi connectivity index (χ2n) is 6.49. The van der Waals surface area contributed by atoms with Gasteiger partial charge in [-0.1, -0.05) is 41.9 Å². The molecule has 4 nitrogen and oxygen atoms in total. The van der Waals surface area contributed by atoms with E-state index >= 15 is 0 Å². The molecule has 0 fully saturated rings. The highest BCUT2D eigenvalue weighted by molar-refractivity contribution is 9.10. The average Bonchev–Trinajstić information content (AvgIpc) is 2.60. The zero-order chi connectivity index (χ0) is 19.1. The minimum atomic E-state index is -0.945. The molecule has 0 aromatic heterocycles. The van der Waals surface area contributed by atoms with Crippen LogP contribution < -0.4 is 5.73 Å². The Balaban J connectivity index is 2.30. The van der Waals surface area contributed by atoms with Crippen LogP contribution in [0.5, 0.6) is 0 Å². The van der Waals surface area contributed by atoms with Crippen molar-refractivity contribution in [1.29, 1.82) is 0 Å². The Bertz CT molecular complexity index is 807. The molecule has 2 aromatic rings. The van der Waals surface area contributed by atoms with Gasteiger partial charge in [0, 0.05) is 15.9 Å². The van der Waals surface area contributed by atoms with Gasteiger partial charge in [-0.15, -0.1) is 0 Å². The van der Waals surface area contributed by atoms with Crippen LogP contribution in [0.15, 0.2) is 64.1 Å². The average molecular weight is 415 g/mol. The third-order valence-electron chi connectivity index (χ3n) is 3.86. The summed E-state index contributed by atoms with van der Waals surface area (Å²) in [5.41, 5.74) is 9.69. The second-order valence-corrected chi connectivity index (χ2v) is 7.41. The van der Waals surface area contributed by atoms with E-state index < -0.39 is 5.97 Å². The van der Waals surface area contributed by atoms with Gasteiger partial charge in [0.15, 0.2) is 0 Å². The van der Waals surface area contributed by atoms with Crippen LogP contribution in [-0.4, -0.2) is 16.8 Å². The molecular weight excluding hydrogens is 392 g/mol. The van der Waals surface area contributed by atoms with Gasteiger partial charge in [0.1, 0.15) is 0 Å². The van der Waals surface area contributed by atoms with E-state index in [1.165, 1.54) is 0 Å². The lowest BCUT2D eigenvalue weighted by Gasteiger charge is -2.08. The van der Waals surface area contributed by atoms with Crippen molar-refractivity contribution >= 4 is 39.0 Å². The first-order valence-corrected chi connectivity index (χ1v) is 9.28. The normalized spacial score (nSPS) is 12.5. The summed E-state index contributed by atoms with van der Waals surface area (Å²) >= 11 is 3.42. The molecule has 0 aliphatic heterocycles. The van der Waals surface area contributed by atoms with E-state index in [4.69, 9.17) is 10.8 Å². The van der Waals surface area contributed by atoms with Crippen molar-refractivity contribution in [2.45, 2.75) is 26.7 Å². The van der Waals surface area contributed by atoms with Gasteiger partial charge in [0.2, 0.25) is 0 Å². The fraction of sp³-hybridized carbons (Fsp3) is 0.238. The van der Waals surface area contributed by atoms with Gasteiger partial charge < -0.3 is 10.8 Å². The molecule has 0 saturated carbocycles. The number of aliphatic imine (C=N–C) groups is 1. The molecule has 0 unspecified atom stereocenters. The molecule has 3 N–H and O–H groups in total. The van der Waals surface area contributed by atoms with Gasteiger partial charge in [-0.25, -0.2) is 4.79 Å². The molecule has 2 aromatic carbocycles. The summed E-state index contributed by atoms with van der Waals surface area (Å²) in [5.74, 6) is -0.392. The minimum Gasteiger partial charge on any atom is -0.478 e. The van der Waals surface area contributed by atoms with Crippen molar-refractivity contribution in [3.8, 4) is 0 Å². The molecule has 0 heterocycles. The quantitative estimate of drug-likeness (QED) is 0.574. The topological polar surface area (TPSA) is 75.7 Å². The maximum Gasteiger partial charge on any atom is 0.335 e. The lowest BCUT2D eigenvalue weighted by molar-refractivity contribution is 0.0697. The molecule has 0 atom stereocenters. The van der Waals surface area contributed by atoms with Gasteiger partial charge in [-0.2, -0.15) is 0 Å². The van der Waals surface area contributed by atoms with Crippen LogP contribution in [0.1, 0.15) is 42.6 Å². The number of nitrogens with two attached hydrogens (primary N) is 1. The summed E-state index contributed by atoms with van der Waals surface area (Å²) in [6.45, 7) is 4.34.